The van der Waals surface area contributed by atoms with Crippen LogP contribution < -0.4 is 10.6 Å². The van der Waals surface area contributed by atoms with Crippen LogP contribution in [0.1, 0.15) is 58.7 Å². The third-order valence-corrected chi connectivity index (χ3v) is 6.55. The number of ether oxygens (including phenoxy) is 1. The van der Waals surface area contributed by atoms with Gasteiger partial charge in [-0.15, -0.1) is 0 Å². The molecule has 0 spiro atoms. The van der Waals surface area contributed by atoms with E-state index in [2.05, 4.69) is 21.5 Å². The van der Waals surface area contributed by atoms with E-state index in [1.807, 2.05) is 46.4 Å². The van der Waals surface area contributed by atoms with Crippen LogP contribution >= 0.6 is 11.6 Å². The highest BCUT2D eigenvalue weighted by Crippen LogP contribution is 2.32. The molecule has 0 saturated carbocycles. The Kier molecular flexibility index (Phi) is 7.47. The molecule has 3 aromatic heterocycles. The summed E-state index contributed by atoms with van der Waals surface area (Å²) in [5.41, 5.74) is 0.705. The molecule has 0 aliphatic carbocycles. The smallest absolute Gasteiger partial charge is 0.410 e. The van der Waals surface area contributed by atoms with Crippen molar-refractivity contribution in [2.45, 2.75) is 59.1 Å². The van der Waals surface area contributed by atoms with Crippen LogP contribution in [0.25, 0.3) is 22.8 Å². The van der Waals surface area contributed by atoms with Crippen LogP contribution in [0, 0.1) is 5.82 Å². The average molecular weight is 543 g/mol. The SMILES string of the molecule is C=Cc1ccnc(C(C)C)c1-n1c(=O)nc(N2CCN(C(=O)OC(C)(C)C)CC2C)c2cc(F)c(Cl)nc21. The van der Waals surface area contributed by atoms with E-state index in [-0.39, 0.29) is 28.6 Å². The van der Waals surface area contributed by atoms with Crippen molar-refractivity contribution in [3.8, 4) is 5.69 Å². The second kappa shape index (κ2) is 10.3. The minimum Gasteiger partial charge on any atom is -0.444 e. The number of rotatable bonds is 4. The number of piperazine rings is 1. The largest absolute Gasteiger partial charge is 0.444 e. The number of carbonyl (C=O) groups excluding carboxylic acids is 1. The lowest BCUT2D eigenvalue weighted by atomic mass is 10.0. The van der Waals surface area contributed by atoms with Crippen LogP contribution in [0.3, 0.4) is 0 Å². The normalized spacial score (nSPS) is 16.3. The third-order valence-electron chi connectivity index (χ3n) is 6.28. The average Bonchev–Trinajstić information content (AvgIpc) is 2.83. The Morgan fingerprint density at radius 3 is 2.61 bits per heavy atom. The third kappa shape index (κ3) is 5.22. The van der Waals surface area contributed by atoms with Crippen LogP contribution in [0.5, 0.6) is 0 Å². The molecule has 38 heavy (non-hydrogen) atoms. The van der Waals surface area contributed by atoms with E-state index in [0.717, 1.165) is 0 Å². The summed E-state index contributed by atoms with van der Waals surface area (Å²) in [5.74, 6) is -0.495. The summed E-state index contributed by atoms with van der Waals surface area (Å²) >= 11 is 6.12. The Morgan fingerprint density at radius 2 is 2.00 bits per heavy atom. The Hall–Kier alpha value is -3.53. The first-order valence-corrected chi connectivity index (χ1v) is 12.8. The van der Waals surface area contributed by atoms with Crippen molar-refractivity contribution < 1.29 is 13.9 Å². The molecule has 1 fully saturated rings. The highest BCUT2D eigenvalue weighted by Gasteiger charge is 2.32. The Labute approximate surface area is 225 Å². The van der Waals surface area contributed by atoms with Crippen molar-refractivity contribution >= 4 is 40.6 Å². The maximum Gasteiger partial charge on any atom is 0.410 e. The molecule has 1 unspecified atom stereocenters. The summed E-state index contributed by atoms with van der Waals surface area (Å²) in [6.07, 6.45) is 2.86. The highest BCUT2D eigenvalue weighted by molar-refractivity contribution is 6.30. The van der Waals surface area contributed by atoms with Crippen LogP contribution in [0.15, 0.2) is 29.7 Å². The lowest BCUT2D eigenvalue weighted by Crippen LogP contribution is -2.55. The molecular weight excluding hydrogens is 511 g/mol. The number of anilines is 1. The van der Waals surface area contributed by atoms with E-state index >= 15 is 0 Å². The molecule has 0 aromatic carbocycles. The highest BCUT2D eigenvalue weighted by atomic mass is 35.5. The molecule has 1 aliphatic rings. The number of fused-ring (bicyclic) bond motifs is 1. The van der Waals surface area contributed by atoms with E-state index in [1.165, 1.54) is 10.6 Å². The summed E-state index contributed by atoms with van der Waals surface area (Å²) in [6, 6.07) is 2.74. The summed E-state index contributed by atoms with van der Waals surface area (Å²) in [6.45, 7) is 16.2. The molecule has 202 valence electrons. The zero-order chi connectivity index (χ0) is 27.9. The molecular formula is C27H32ClFN6O3. The summed E-state index contributed by atoms with van der Waals surface area (Å²) in [7, 11) is 0. The molecule has 4 rings (SSSR count). The van der Waals surface area contributed by atoms with Crippen molar-refractivity contribution in [1.82, 2.24) is 24.4 Å². The van der Waals surface area contributed by atoms with E-state index in [0.29, 0.717) is 42.0 Å². The van der Waals surface area contributed by atoms with Gasteiger partial charge in [-0.1, -0.05) is 38.1 Å². The molecule has 0 radical (unpaired) electrons. The minimum atomic E-state index is -0.730. The van der Waals surface area contributed by atoms with Gasteiger partial charge in [0.1, 0.15) is 11.4 Å². The number of carbonyl (C=O) groups is 1. The monoisotopic (exact) mass is 542 g/mol. The van der Waals surface area contributed by atoms with Crippen LogP contribution in [-0.2, 0) is 4.74 Å². The van der Waals surface area contributed by atoms with Gasteiger partial charge in [-0.2, -0.15) is 4.98 Å². The van der Waals surface area contributed by atoms with Gasteiger partial charge in [0.2, 0.25) is 0 Å². The van der Waals surface area contributed by atoms with Gasteiger partial charge in [-0.25, -0.2) is 23.5 Å². The number of hydrogen-bond donors (Lipinski definition) is 0. The first-order valence-electron chi connectivity index (χ1n) is 12.5. The fourth-order valence-electron chi connectivity index (χ4n) is 4.59. The van der Waals surface area contributed by atoms with Gasteiger partial charge in [0.15, 0.2) is 16.6 Å². The lowest BCUT2D eigenvalue weighted by Gasteiger charge is -2.41. The van der Waals surface area contributed by atoms with Gasteiger partial charge >= 0.3 is 11.8 Å². The number of halogens is 2. The van der Waals surface area contributed by atoms with E-state index < -0.39 is 23.2 Å². The van der Waals surface area contributed by atoms with E-state index in [9.17, 15) is 14.0 Å². The summed E-state index contributed by atoms with van der Waals surface area (Å²) < 4.78 is 21.6. The second-order valence-electron chi connectivity index (χ2n) is 10.6. The first kappa shape index (κ1) is 27.5. The number of aromatic nitrogens is 4. The molecule has 4 heterocycles. The van der Waals surface area contributed by atoms with Gasteiger partial charge in [0.05, 0.1) is 16.8 Å². The summed E-state index contributed by atoms with van der Waals surface area (Å²) in [4.78, 5) is 43.0. The first-order chi connectivity index (χ1) is 17.8. The van der Waals surface area contributed by atoms with Gasteiger partial charge in [0, 0.05) is 37.4 Å². The Bertz CT molecular complexity index is 1470. The van der Waals surface area contributed by atoms with Crippen molar-refractivity contribution in [2.75, 3.05) is 24.5 Å². The van der Waals surface area contributed by atoms with Crippen molar-refractivity contribution in [3.05, 3.63) is 57.6 Å². The van der Waals surface area contributed by atoms with Crippen LogP contribution in [-0.4, -0.2) is 61.8 Å². The molecule has 0 bridgehead atoms. The minimum absolute atomic E-state index is 0.0385. The fourth-order valence-corrected chi connectivity index (χ4v) is 4.72. The van der Waals surface area contributed by atoms with Gasteiger partial charge in [-0.3, -0.25) is 4.98 Å². The topological polar surface area (TPSA) is 93.5 Å². The molecule has 1 amide bonds. The standard InChI is InChI=1S/C27H32ClFN6O3/c1-8-17-9-10-30-20(15(2)3)21(17)35-24-18(13-19(29)22(28)31-24)23(32-25(35)36)34-12-11-33(14-16(34)4)26(37)38-27(5,6)7/h8-10,13,15-16H,1,11-12,14H2,2-7H3. The molecule has 9 nitrogen and oxygen atoms in total. The lowest BCUT2D eigenvalue weighted by molar-refractivity contribution is 0.0218. The maximum absolute atomic E-state index is 14.8. The number of hydrogen-bond acceptors (Lipinski definition) is 7. The Balaban J connectivity index is 1.87. The molecule has 1 atom stereocenters. The number of pyridine rings is 2. The van der Waals surface area contributed by atoms with Gasteiger partial charge in [-0.05, 0) is 45.7 Å². The van der Waals surface area contributed by atoms with Crippen LogP contribution in [0.2, 0.25) is 5.15 Å². The van der Waals surface area contributed by atoms with Crippen LogP contribution in [0.4, 0.5) is 15.0 Å². The van der Waals surface area contributed by atoms with E-state index in [4.69, 9.17) is 16.3 Å². The predicted molar refractivity (Wildman–Crippen MR) is 147 cm³/mol. The van der Waals surface area contributed by atoms with Crippen molar-refractivity contribution in [1.29, 1.82) is 0 Å². The van der Waals surface area contributed by atoms with Gasteiger partial charge in [0.25, 0.3) is 0 Å². The number of amides is 1. The zero-order valence-corrected chi connectivity index (χ0v) is 23.2. The van der Waals surface area contributed by atoms with Crippen molar-refractivity contribution in [3.63, 3.8) is 0 Å². The molecule has 3 aromatic rings. The molecule has 0 N–H and O–H groups in total. The zero-order valence-electron chi connectivity index (χ0n) is 22.5. The predicted octanol–water partition coefficient (Wildman–Crippen LogP) is 5.18. The second-order valence-corrected chi connectivity index (χ2v) is 11.0. The van der Waals surface area contributed by atoms with E-state index in [1.54, 1.807) is 23.2 Å². The molecule has 11 heteroatoms. The molecule has 1 aliphatic heterocycles. The maximum atomic E-state index is 14.8. The Morgan fingerprint density at radius 1 is 1.29 bits per heavy atom. The number of nitrogens with zero attached hydrogens (tertiary/aromatic N) is 6. The fraction of sp³-hybridized carbons (Fsp3) is 0.444. The summed E-state index contributed by atoms with van der Waals surface area (Å²) in [5, 5.41) is -0.0432. The molecule has 1 saturated heterocycles. The van der Waals surface area contributed by atoms with Gasteiger partial charge < -0.3 is 14.5 Å². The quantitative estimate of drug-likeness (QED) is 0.419. The van der Waals surface area contributed by atoms with Crippen molar-refractivity contribution in [2.24, 2.45) is 0 Å².